The van der Waals surface area contributed by atoms with E-state index in [-0.39, 0.29) is 5.54 Å². The monoisotopic (exact) mass is 186 g/mol. The van der Waals surface area contributed by atoms with Gasteiger partial charge in [-0.15, -0.1) is 0 Å². The van der Waals surface area contributed by atoms with Gasteiger partial charge in [-0.1, -0.05) is 0 Å². The van der Waals surface area contributed by atoms with Gasteiger partial charge in [0.05, 0.1) is 6.61 Å². The molecule has 1 atom stereocenters. The van der Waals surface area contributed by atoms with E-state index in [0.717, 1.165) is 26.2 Å². The first kappa shape index (κ1) is 11.0. The molecule has 0 aromatic heterocycles. The van der Waals surface area contributed by atoms with E-state index in [4.69, 9.17) is 4.74 Å². The first-order chi connectivity index (χ1) is 6.05. The number of hydrogen-bond acceptors (Lipinski definition) is 3. The normalized spacial score (nSPS) is 25.8. The van der Waals surface area contributed by atoms with Gasteiger partial charge in [0.1, 0.15) is 0 Å². The Hall–Kier alpha value is -0.120. The van der Waals surface area contributed by atoms with Gasteiger partial charge in [-0.3, -0.25) is 4.90 Å². The molecule has 0 aliphatic carbocycles. The van der Waals surface area contributed by atoms with Crippen LogP contribution in [-0.4, -0.2) is 49.8 Å². The molecule has 1 aliphatic rings. The average molecular weight is 186 g/mol. The molecule has 3 heteroatoms. The fraction of sp³-hybridized carbons (Fsp3) is 1.00. The molecule has 1 unspecified atom stereocenters. The molecule has 0 spiro atoms. The maximum absolute atomic E-state index is 5.16. The van der Waals surface area contributed by atoms with Crippen molar-refractivity contribution in [2.24, 2.45) is 0 Å². The molecule has 3 nitrogen and oxygen atoms in total. The van der Waals surface area contributed by atoms with Crippen LogP contribution in [0.3, 0.4) is 0 Å². The van der Waals surface area contributed by atoms with Crippen LogP contribution in [0.5, 0.6) is 0 Å². The second-order valence-corrected chi connectivity index (χ2v) is 4.59. The summed E-state index contributed by atoms with van der Waals surface area (Å²) in [6, 6.07) is 0.534. The molecule has 1 heterocycles. The van der Waals surface area contributed by atoms with Gasteiger partial charge in [-0.25, -0.2) is 0 Å². The summed E-state index contributed by atoms with van der Waals surface area (Å²) in [6.45, 7) is 10.9. The van der Waals surface area contributed by atoms with E-state index in [9.17, 15) is 0 Å². The highest BCUT2D eigenvalue weighted by molar-refractivity contribution is 4.88. The molecular formula is C10H22N2O. The first-order valence-corrected chi connectivity index (χ1v) is 5.03. The molecule has 1 saturated heterocycles. The third kappa shape index (κ3) is 3.25. The Morgan fingerprint density at radius 2 is 2.23 bits per heavy atom. The van der Waals surface area contributed by atoms with E-state index in [1.165, 1.54) is 0 Å². The Labute approximate surface area is 81.4 Å². The zero-order chi connectivity index (χ0) is 9.90. The topological polar surface area (TPSA) is 24.5 Å². The number of ether oxygens (including phenoxy) is 1. The third-order valence-corrected chi connectivity index (χ3v) is 2.63. The van der Waals surface area contributed by atoms with Crippen molar-refractivity contribution < 1.29 is 4.74 Å². The van der Waals surface area contributed by atoms with Crippen molar-refractivity contribution in [3.63, 3.8) is 0 Å². The van der Waals surface area contributed by atoms with Crippen LogP contribution in [0.1, 0.15) is 20.8 Å². The van der Waals surface area contributed by atoms with Crippen molar-refractivity contribution in [2.75, 3.05) is 33.4 Å². The molecule has 78 valence electrons. The van der Waals surface area contributed by atoms with Crippen LogP contribution in [0.4, 0.5) is 0 Å². The number of nitrogens with one attached hydrogen (secondary N) is 1. The molecule has 1 N–H and O–H groups in total. The van der Waals surface area contributed by atoms with Crippen molar-refractivity contribution in [1.82, 2.24) is 10.2 Å². The molecule has 0 radical (unpaired) electrons. The number of piperazine rings is 1. The van der Waals surface area contributed by atoms with E-state index in [1.807, 2.05) is 0 Å². The van der Waals surface area contributed by atoms with Crippen molar-refractivity contribution in [3.05, 3.63) is 0 Å². The molecular weight excluding hydrogens is 164 g/mol. The van der Waals surface area contributed by atoms with Gasteiger partial charge in [0.15, 0.2) is 0 Å². The van der Waals surface area contributed by atoms with Crippen LogP contribution in [0.15, 0.2) is 0 Å². The Balaban J connectivity index is 2.42. The quantitative estimate of drug-likeness (QED) is 0.702. The average Bonchev–Trinajstić information content (AvgIpc) is 2.03. The van der Waals surface area contributed by atoms with E-state index in [0.29, 0.717) is 6.04 Å². The SMILES string of the molecule is COCC(C)N1CCNC(C)(C)C1. The Kier molecular flexibility index (Phi) is 3.71. The van der Waals surface area contributed by atoms with Gasteiger partial charge >= 0.3 is 0 Å². The third-order valence-electron chi connectivity index (χ3n) is 2.63. The van der Waals surface area contributed by atoms with Crippen molar-refractivity contribution >= 4 is 0 Å². The summed E-state index contributed by atoms with van der Waals surface area (Å²) >= 11 is 0. The minimum atomic E-state index is 0.250. The van der Waals surface area contributed by atoms with E-state index in [2.05, 4.69) is 31.0 Å². The molecule has 0 aromatic rings. The minimum absolute atomic E-state index is 0.250. The number of nitrogens with zero attached hydrogens (tertiary/aromatic N) is 1. The lowest BCUT2D eigenvalue weighted by molar-refractivity contribution is 0.0619. The Bertz CT molecular complexity index is 159. The molecule has 1 fully saturated rings. The summed E-state index contributed by atoms with van der Waals surface area (Å²) in [5, 5.41) is 3.50. The van der Waals surface area contributed by atoms with Crippen LogP contribution in [-0.2, 0) is 4.74 Å². The second kappa shape index (κ2) is 4.40. The summed E-state index contributed by atoms with van der Waals surface area (Å²) in [6.07, 6.45) is 0. The highest BCUT2D eigenvalue weighted by atomic mass is 16.5. The fourth-order valence-electron chi connectivity index (χ4n) is 1.90. The molecule has 0 bridgehead atoms. The molecule has 0 amide bonds. The number of methoxy groups -OCH3 is 1. The van der Waals surface area contributed by atoms with Crippen LogP contribution in [0.2, 0.25) is 0 Å². The summed E-state index contributed by atoms with van der Waals surface area (Å²) in [5.74, 6) is 0. The number of hydrogen-bond donors (Lipinski definition) is 1. The van der Waals surface area contributed by atoms with Gasteiger partial charge in [0, 0.05) is 38.3 Å². The largest absolute Gasteiger partial charge is 0.383 e. The minimum Gasteiger partial charge on any atom is -0.383 e. The lowest BCUT2D eigenvalue weighted by Gasteiger charge is -2.41. The summed E-state index contributed by atoms with van der Waals surface area (Å²) < 4.78 is 5.16. The van der Waals surface area contributed by atoms with E-state index in [1.54, 1.807) is 7.11 Å². The van der Waals surface area contributed by atoms with E-state index >= 15 is 0 Å². The van der Waals surface area contributed by atoms with Crippen LogP contribution in [0, 0.1) is 0 Å². The van der Waals surface area contributed by atoms with Crippen molar-refractivity contribution in [2.45, 2.75) is 32.4 Å². The smallest absolute Gasteiger partial charge is 0.0615 e. The summed E-state index contributed by atoms with van der Waals surface area (Å²) in [5.41, 5.74) is 0.250. The molecule has 0 saturated carbocycles. The van der Waals surface area contributed by atoms with Crippen LogP contribution in [0.25, 0.3) is 0 Å². The molecule has 13 heavy (non-hydrogen) atoms. The van der Waals surface area contributed by atoms with Gasteiger partial charge in [0.25, 0.3) is 0 Å². The zero-order valence-corrected chi connectivity index (χ0v) is 9.26. The van der Waals surface area contributed by atoms with Crippen molar-refractivity contribution in [1.29, 1.82) is 0 Å². The van der Waals surface area contributed by atoms with Gasteiger partial charge in [0.2, 0.25) is 0 Å². The predicted octanol–water partition coefficient (Wildman–Crippen LogP) is 0.705. The maximum Gasteiger partial charge on any atom is 0.0615 e. The maximum atomic E-state index is 5.16. The Morgan fingerprint density at radius 3 is 2.77 bits per heavy atom. The van der Waals surface area contributed by atoms with Crippen LogP contribution >= 0.6 is 0 Å². The lowest BCUT2D eigenvalue weighted by Crippen LogP contribution is -2.59. The second-order valence-electron chi connectivity index (χ2n) is 4.59. The van der Waals surface area contributed by atoms with Gasteiger partial charge in [-0.05, 0) is 20.8 Å². The lowest BCUT2D eigenvalue weighted by atomic mass is 10.0. The Morgan fingerprint density at radius 1 is 1.54 bits per heavy atom. The predicted molar refractivity (Wildman–Crippen MR) is 55.0 cm³/mol. The van der Waals surface area contributed by atoms with Crippen molar-refractivity contribution in [3.8, 4) is 0 Å². The summed E-state index contributed by atoms with van der Waals surface area (Å²) in [4.78, 5) is 2.49. The fourth-order valence-corrected chi connectivity index (χ4v) is 1.90. The van der Waals surface area contributed by atoms with Gasteiger partial charge < -0.3 is 10.1 Å². The first-order valence-electron chi connectivity index (χ1n) is 5.03. The van der Waals surface area contributed by atoms with Crippen LogP contribution < -0.4 is 5.32 Å². The standard InChI is InChI=1S/C10H22N2O/c1-9(7-13-4)12-6-5-11-10(2,3)8-12/h9,11H,5-8H2,1-4H3. The summed E-state index contributed by atoms with van der Waals surface area (Å²) in [7, 11) is 1.77. The highest BCUT2D eigenvalue weighted by Crippen LogP contribution is 2.12. The highest BCUT2D eigenvalue weighted by Gasteiger charge is 2.27. The zero-order valence-electron chi connectivity index (χ0n) is 9.26. The molecule has 0 aromatic carbocycles. The number of rotatable bonds is 3. The molecule has 1 rings (SSSR count). The van der Waals surface area contributed by atoms with Gasteiger partial charge in [-0.2, -0.15) is 0 Å². The molecule has 1 aliphatic heterocycles. The van der Waals surface area contributed by atoms with E-state index < -0.39 is 0 Å².